The van der Waals surface area contributed by atoms with Crippen molar-refractivity contribution in [2.75, 3.05) is 19.6 Å². The number of hydrogen-bond acceptors (Lipinski definition) is 4. The largest absolute Gasteiger partial charge is 0.480 e. The van der Waals surface area contributed by atoms with E-state index in [0.29, 0.717) is 13.1 Å². The zero-order chi connectivity index (χ0) is 11.4. The van der Waals surface area contributed by atoms with Crippen LogP contribution < -0.4 is 5.73 Å². The van der Waals surface area contributed by atoms with Gasteiger partial charge in [-0.05, 0) is 12.8 Å². The molecule has 1 atom stereocenters. The Hall–Kier alpha value is -1.34. The van der Waals surface area contributed by atoms with E-state index in [1.54, 1.807) is 5.01 Å². The standard InChI is InChI=1S/C8H15N3O4/c9-6(7(12)13)2-5-11(8(14)15)10-3-1-4-10/h6H,1-5,9H2,(H,12,13)(H,14,15). The van der Waals surface area contributed by atoms with Crippen LogP contribution in [0.5, 0.6) is 0 Å². The zero-order valence-corrected chi connectivity index (χ0v) is 8.30. The van der Waals surface area contributed by atoms with E-state index in [0.717, 1.165) is 11.4 Å². The average molecular weight is 217 g/mol. The quantitative estimate of drug-likeness (QED) is 0.567. The van der Waals surface area contributed by atoms with E-state index in [2.05, 4.69) is 0 Å². The number of nitrogens with zero attached hydrogens (tertiary/aromatic N) is 2. The minimum Gasteiger partial charge on any atom is -0.480 e. The molecule has 1 aliphatic heterocycles. The van der Waals surface area contributed by atoms with Crippen LogP contribution in [0, 0.1) is 0 Å². The predicted octanol–water partition coefficient (Wildman–Crippen LogP) is -0.611. The molecular formula is C8H15N3O4. The van der Waals surface area contributed by atoms with E-state index in [1.165, 1.54) is 0 Å². The molecule has 0 aromatic rings. The highest BCUT2D eigenvalue weighted by atomic mass is 16.4. The van der Waals surface area contributed by atoms with Crippen LogP contribution in [-0.2, 0) is 4.79 Å². The maximum absolute atomic E-state index is 10.8. The van der Waals surface area contributed by atoms with Gasteiger partial charge in [-0.25, -0.2) is 14.8 Å². The third-order valence-electron chi connectivity index (χ3n) is 2.36. The van der Waals surface area contributed by atoms with Crippen molar-refractivity contribution in [3.63, 3.8) is 0 Å². The van der Waals surface area contributed by atoms with E-state index >= 15 is 0 Å². The highest BCUT2D eigenvalue weighted by Crippen LogP contribution is 2.11. The van der Waals surface area contributed by atoms with Gasteiger partial charge in [0.1, 0.15) is 6.04 Å². The summed E-state index contributed by atoms with van der Waals surface area (Å²) in [4.78, 5) is 21.2. The number of carbonyl (C=O) groups is 2. The molecule has 1 fully saturated rings. The maximum Gasteiger partial charge on any atom is 0.421 e. The van der Waals surface area contributed by atoms with Crippen LogP contribution in [0.3, 0.4) is 0 Å². The minimum absolute atomic E-state index is 0.123. The first kappa shape index (κ1) is 11.7. The summed E-state index contributed by atoms with van der Waals surface area (Å²) in [5, 5.41) is 20.2. The Kier molecular flexibility index (Phi) is 3.87. The van der Waals surface area contributed by atoms with Gasteiger partial charge in [0.15, 0.2) is 0 Å². The normalized spacial score (nSPS) is 17.9. The van der Waals surface area contributed by atoms with Crippen molar-refractivity contribution in [1.29, 1.82) is 0 Å². The highest BCUT2D eigenvalue weighted by molar-refractivity contribution is 5.73. The monoisotopic (exact) mass is 217 g/mol. The molecule has 1 rings (SSSR count). The van der Waals surface area contributed by atoms with Crippen molar-refractivity contribution in [2.45, 2.75) is 18.9 Å². The molecule has 4 N–H and O–H groups in total. The van der Waals surface area contributed by atoms with Crippen molar-refractivity contribution in [2.24, 2.45) is 5.73 Å². The molecule has 86 valence electrons. The van der Waals surface area contributed by atoms with Gasteiger partial charge in [-0.2, -0.15) is 0 Å². The van der Waals surface area contributed by atoms with Crippen LogP contribution in [0.4, 0.5) is 4.79 Å². The van der Waals surface area contributed by atoms with Gasteiger partial charge in [0.25, 0.3) is 0 Å². The van der Waals surface area contributed by atoms with E-state index < -0.39 is 18.1 Å². The van der Waals surface area contributed by atoms with Crippen LogP contribution in [0.25, 0.3) is 0 Å². The molecule has 0 aromatic heterocycles. The van der Waals surface area contributed by atoms with Crippen LogP contribution >= 0.6 is 0 Å². The molecule has 1 unspecified atom stereocenters. The summed E-state index contributed by atoms with van der Waals surface area (Å²) in [6.07, 6.45) is 0.0275. The fourth-order valence-corrected chi connectivity index (χ4v) is 1.28. The molecule has 0 bridgehead atoms. The van der Waals surface area contributed by atoms with Crippen LogP contribution in [-0.4, -0.2) is 58.0 Å². The lowest BCUT2D eigenvalue weighted by Gasteiger charge is -2.39. The molecule has 1 aliphatic rings. The maximum atomic E-state index is 10.8. The summed E-state index contributed by atoms with van der Waals surface area (Å²) in [6, 6.07) is -1.01. The Labute approximate surface area is 87.0 Å². The zero-order valence-electron chi connectivity index (χ0n) is 8.30. The molecule has 0 radical (unpaired) electrons. The molecule has 1 amide bonds. The Morgan fingerprint density at radius 3 is 2.33 bits per heavy atom. The lowest BCUT2D eigenvalue weighted by molar-refractivity contribution is -0.139. The number of carboxylic acids is 1. The highest BCUT2D eigenvalue weighted by Gasteiger charge is 2.26. The average Bonchev–Trinajstić information content (AvgIpc) is 2.07. The Morgan fingerprint density at radius 1 is 1.40 bits per heavy atom. The van der Waals surface area contributed by atoms with Gasteiger partial charge in [-0.3, -0.25) is 4.79 Å². The third kappa shape index (κ3) is 3.07. The first-order chi connectivity index (χ1) is 7.02. The smallest absolute Gasteiger partial charge is 0.421 e. The SMILES string of the molecule is NC(CCN(C(=O)O)N1CCC1)C(=O)O. The van der Waals surface area contributed by atoms with E-state index in [1.807, 2.05) is 0 Å². The van der Waals surface area contributed by atoms with E-state index in [-0.39, 0.29) is 13.0 Å². The Bertz CT molecular complexity index is 254. The minimum atomic E-state index is -1.11. The lowest BCUT2D eigenvalue weighted by Crippen LogP contribution is -2.54. The van der Waals surface area contributed by atoms with E-state index in [4.69, 9.17) is 15.9 Å². The molecular weight excluding hydrogens is 202 g/mol. The second kappa shape index (κ2) is 4.94. The van der Waals surface area contributed by atoms with Gasteiger partial charge in [0, 0.05) is 19.6 Å². The third-order valence-corrected chi connectivity index (χ3v) is 2.36. The molecule has 7 heteroatoms. The van der Waals surface area contributed by atoms with Gasteiger partial charge in [0.05, 0.1) is 0 Å². The molecule has 1 saturated heterocycles. The first-order valence-electron chi connectivity index (χ1n) is 4.76. The topological polar surface area (TPSA) is 107 Å². The van der Waals surface area contributed by atoms with Gasteiger partial charge in [-0.1, -0.05) is 0 Å². The number of carboxylic acid groups (broad SMARTS) is 2. The summed E-state index contributed by atoms with van der Waals surface area (Å²) < 4.78 is 0. The van der Waals surface area contributed by atoms with Gasteiger partial charge in [0.2, 0.25) is 0 Å². The van der Waals surface area contributed by atoms with Crippen molar-refractivity contribution >= 4 is 12.1 Å². The van der Waals surface area contributed by atoms with Crippen molar-refractivity contribution in [1.82, 2.24) is 10.0 Å². The summed E-state index contributed by atoms with van der Waals surface area (Å²) in [7, 11) is 0. The molecule has 15 heavy (non-hydrogen) atoms. The van der Waals surface area contributed by atoms with Crippen molar-refractivity contribution in [3.05, 3.63) is 0 Å². The summed E-state index contributed by atoms with van der Waals surface area (Å²) in [5.74, 6) is -1.11. The fraction of sp³-hybridized carbons (Fsp3) is 0.750. The van der Waals surface area contributed by atoms with Crippen molar-refractivity contribution in [3.8, 4) is 0 Å². The second-order valence-electron chi connectivity index (χ2n) is 3.45. The van der Waals surface area contributed by atoms with Gasteiger partial charge >= 0.3 is 12.1 Å². The summed E-state index contributed by atoms with van der Waals surface area (Å²) in [5.41, 5.74) is 5.29. The van der Waals surface area contributed by atoms with E-state index in [9.17, 15) is 9.59 Å². The van der Waals surface area contributed by atoms with Crippen LogP contribution in [0.15, 0.2) is 0 Å². The Balaban J connectivity index is 2.38. The van der Waals surface area contributed by atoms with Crippen LogP contribution in [0.1, 0.15) is 12.8 Å². The summed E-state index contributed by atoms with van der Waals surface area (Å²) in [6.45, 7) is 1.53. The fourth-order valence-electron chi connectivity index (χ4n) is 1.28. The van der Waals surface area contributed by atoms with Crippen LogP contribution in [0.2, 0.25) is 0 Å². The first-order valence-corrected chi connectivity index (χ1v) is 4.76. The predicted molar refractivity (Wildman–Crippen MR) is 51.1 cm³/mol. The number of rotatable bonds is 5. The molecule has 0 aliphatic carbocycles. The molecule has 0 spiro atoms. The number of aliphatic carboxylic acids is 1. The molecule has 0 saturated carbocycles. The molecule has 0 aromatic carbocycles. The number of hydrazine groups is 1. The lowest BCUT2D eigenvalue weighted by atomic mass is 10.2. The van der Waals surface area contributed by atoms with Crippen molar-refractivity contribution < 1.29 is 19.8 Å². The number of amides is 1. The molecule has 7 nitrogen and oxygen atoms in total. The molecule has 1 heterocycles. The summed E-state index contributed by atoms with van der Waals surface area (Å²) >= 11 is 0. The second-order valence-corrected chi connectivity index (χ2v) is 3.45. The number of hydrogen-bond donors (Lipinski definition) is 3. The van der Waals surface area contributed by atoms with Gasteiger partial charge in [-0.15, -0.1) is 0 Å². The Morgan fingerprint density at radius 2 is 2.00 bits per heavy atom. The number of nitrogens with two attached hydrogens (primary N) is 1. The van der Waals surface area contributed by atoms with Gasteiger partial charge < -0.3 is 15.9 Å².